The molecule has 118 valence electrons. The van der Waals surface area contributed by atoms with Crippen LogP contribution >= 0.6 is 23.2 Å². The highest BCUT2D eigenvalue weighted by molar-refractivity contribution is 6.33. The fourth-order valence-corrected chi connectivity index (χ4v) is 2.64. The summed E-state index contributed by atoms with van der Waals surface area (Å²) in [6.07, 6.45) is 0. The Morgan fingerprint density at radius 3 is 2.68 bits per heavy atom. The molecule has 2 rings (SSSR count). The molecule has 0 bridgehead atoms. The van der Waals surface area contributed by atoms with Gasteiger partial charge in [0.05, 0.1) is 24.4 Å². The summed E-state index contributed by atoms with van der Waals surface area (Å²) in [5.41, 5.74) is 1.77. The number of nitrogens with zero attached hydrogens (tertiary/aromatic N) is 3. The van der Waals surface area contributed by atoms with E-state index in [1.54, 1.807) is 24.7 Å². The molecule has 22 heavy (non-hydrogen) atoms. The molecule has 5 nitrogen and oxygen atoms in total. The molecule has 0 radical (unpaired) electrons. The molecule has 0 saturated heterocycles. The number of carbonyl (C=O) groups is 1. The molecule has 1 heterocycles. The van der Waals surface area contributed by atoms with Gasteiger partial charge in [-0.05, 0) is 18.6 Å². The summed E-state index contributed by atoms with van der Waals surface area (Å²) in [5, 5.41) is 14.2. The van der Waals surface area contributed by atoms with Gasteiger partial charge in [0, 0.05) is 18.6 Å². The van der Waals surface area contributed by atoms with Gasteiger partial charge in [0.1, 0.15) is 5.15 Å². The van der Waals surface area contributed by atoms with Crippen LogP contribution in [0.15, 0.2) is 24.3 Å². The lowest BCUT2D eigenvalue weighted by Gasteiger charge is -2.15. The normalized spacial score (nSPS) is 10.8. The van der Waals surface area contributed by atoms with Gasteiger partial charge in [0.15, 0.2) is 0 Å². The van der Waals surface area contributed by atoms with Crippen molar-refractivity contribution in [1.29, 1.82) is 0 Å². The Labute approximate surface area is 139 Å². The fraction of sp³-hybridized carbons (Fsp3) is 0.333. The van der Waals surface area contributed by atoms with Crippen LogP contribution in [0.5, 0.6) is 0 Å². The van der Waals surface area contributed by atoms with Crippen LogP contribution in [0, 0.1) is 6.92 Å². The summed E-state index contributed by atoms with van der Waals surface area (Å²) in [4.78, 5) is 13.8. The molecule has 1 amide bonds. The summed E-state index contributed by atoms with van der Waals surface area (Å²) in [7, 11) is 1.61. The second-order valence-electron chi connectivity index (χ2n) is 4.95. The molecule has 0 aliphatic rings. The van der Waals surface area contributed by atoms with Crippen LogP contribution in [0.2, 0.25) is 10.2 Å². The predicted molar refractivity (Wildman–Crippen MR) is 86.6 cm³/mol. The number of benzene rings is 1. The van der Waals surface area contributed by atoms with E-state index in [-0.39, 0.29) is 24.2 Å². The average molecular weight is 342 g/mol. The van der Waals surface area contributed by atoms with Gasteiger partial charge in [-0.15, -0.1) is 0 Å². The minimum absolute atomic E-state index is 0.104. The zero-order valence-corrected chi connectivity index (χ0v) is 13.9. The van der Waals surface area contributed by atoms with Crippen molar-refractivity contribution in [2.45, 2.75) is 13.5 Å². The smallest absolute Gasteiger partial charge is 0.258 e. The molecule has 0 saturated carbocycles. The van der Waals surface area contributed by atoms with E-state index in [2.05, 4.69) is 5.10 Å². The number of likely N-dealkylation sites (N-methyl/N-ethyl adjacent to an activating group) is 1. The van der Waals surface area contributed by atoms with Crippen LogP contribution in [0.3, 0.4) is 0 Å². The number of carbonyl (C=O) groups excluding carboxylic acids is 1. The number of aryl methyl sites for hydroxylation is 1. The average Bonchev–Trinajstić information content (AvgIpc) is 2.75. The highest BCUT2D eigenvalue weighted by atomic mass is 35.5. The topological polar surface area (TPSA) is 58.4 Å². The number of aliphatic hydroxyl groups is 1. The molecule has 0 spiro atoms. The second kappa shape index (κ2) is 7.13. The van der Waals surface area contributed by atoms with Gasteiger partial charge in [-0.25, -0.2) is 4.68 Å². The van der Waals surface area contributed by atoms with Crippen molar-refractivity contribution < 1.29 is 9.90 Å². The molecule has 0 fully saturated rings. The number of hydrogen-bond acceptors (Lipinski definition) is 3. The SMILES string of the molecule is Cc1nn(Cc2ccccc2Cl)c(Cl)c1C(=O)N(C)CCO. The molecule has 1 aromatic heterocycles. The number of rotatable bonds is 5. The van der Waals surface area contributed by atoms with Crippen molar-refractivity contribution in [3.8, 4) is 0 Å². The van der Waals surface area contributed by atoms with Gasteiger partial charge in [0.2, 0.25) is 0 Å². The Hall–Kier alpha value is -1.56. The number of aliphatic hydroxyl groups excluding tert-OH is 1. The number of hydrogen-bond donors (Lipinski definition) is 1. The maximum absolute atomic E-state index is 12.4. The zero-order valence-electron chi connectivity index (χ0n) is 12.4. The van der Waals surface area contributed by atoms with E-state index in [0.717, 1.165) is 5.56 Å². The maximum atomic E-state index is 12.4. The van der Waals surface area contributed by atoms with E-state index in [4.69, 9.17) is 28.3 Å². The van der Waals surface area contributed by atoms with Gasteiger partial charge in [-0.1, -0.05) is 41.4 Å². The summed E-state index contributed by atoms with van der Waals surface area (Å²) in [5.74, 6) is -0.262. The first-order valence-electron chi connectivity index (χ1n) is 6.78. The molecule has 1 N–H and O–H groups in total. The molecule has 0 aliphatic carbocycles. The molecule has 7 heteroatoms. The van der Waals surface area contributed by atoms with Crippen molar-refractivity contribution in [2.24, 2.45) is 0 Å². The summed E-state index contributed by atoms with van der Waals surface area (Å²) in [6.45, 7) is 2.25. The summed E-state index contributed by atoms with van der Waals surface area (Å²) in [6, 6.07) is 7.41. The molecular weight excluding hydrogens is 325 g/mol. The lowest BCUT2D eigenvalue weighted by molar-refractivity contribution is 0.0766. The highest BCUT2D eigenvalue weighted by Gasteiger charge is 2.23. The van der Waals surface area contributed by atoms with Crippen LogP contribution in [-0.2, 0) is 6.54 Å². The lowest BCUT2D eigenvalue weighted by Crippen LogP contribution is -2.30. The fourth-order valence-electron chi connectivity index (χ4n) is 2.13. The number of halogens is 2. The van der Waals surface area contributed by atoms with Gasteiger partial charge in [-0.3, -0.25) is 4.79 Å². The largest absolute Gasteiger partial charge is 0.395 e. The third kappa shape index (κ3) is 3.43. The number of amides is 1. The van der Waals surface area contributed by atoms with E-state index in [1.165, 1.54) is 4.90 Å². The third-order valence-electron chi connectivity index (χ3n) is 3.34. The van der Waals surface area contributed by atoms with Crippen molar-refractivity contribution >= 4 is 29.1 Å². The van der Waals surface area contributed by atoms with Gasteiger partial charge in [0.25, 0.3) is 5.91 Å². The van der Waals surface area contributed by atoms with E-state index in [9.17, 15) is 4.79 Å². The molecule has 0 unspecified atom stereocenters. The van der Waals surface area contributed by atoms with Crippen molar-refractivity contribution in [3.63, 3.8) is 0 Å². The second-order valence-corrected chi connectivity index (χ2v) is 5.72. The van der Waals surface area contributed by atoms with Gasteiger partial charge < -0.3 is 10.0 Å². The zero-order chi connectivity index (χ0) is 16.3. The Morgan fingerprint density at radius 1 is 1.36 bits per heavy atom. The van der Waals surface area contributed by atoms with Crippen LogP contribution in [0.1, 0.15) is 21.6 Å². The molecule has 1 aromatic carbocycles. The van der Waals surface area contributed by atoms with Gasteiger partial charge in [-0.2, -0.15) is 5.10 Å². The van der Waals surface area contributed by atoms with Crippen LogP contribution in [0.25, 0.3) is 0 Å². The Kier molecular flexibility index (Phi) is 5.45. The molecule has 0 atom stereocenters. The first-order chi connectivity index (χ1) is 10.5. The quantitative estimate of drug-likeness (QED) is 0.909. The standard InChI is InChI=1S/C15H17Cl2N3O2/c1-10-13(15(22)19(2)7-8-21)14(17)20(18-10)9-11-5-3-4-6-12(11)16/h3-6,21H,7-9H2,1-2H3. The first-order valence-corrected chi connectivity index (χ1v) is 7.54. The Bertz CT molecular complexity index is 685. The summed E-state index contributed by atoms with van der Waals surface area (Å²) < 4.78 is 1.55. The molecular formula is C15H17Cl2N3O2. The Balaban J connectivity index is 2.31. The van der Waals surface area contributed by atoms with Crippen LogP contribution < -0.4 is 0 Å². The minimum Gasteiger partial charge on any atom is -0.395 e. The highest BCUT2D eigenvalue weighted by Crippen LogP contribution is 2.24. The lowest BCUT2D eigenvalue weighted by atomic mass is 10.2. The van der Waals surface area contributed by atoms with Crippen molar-refractivity contribution in [2.75, 3.05) is 20.2 Å². The minimum atomic E-state index is -0.262. The van der Waals surface area contributed by atoms with E-state index in [1.807, 2.05) is 18.2 Å². The molecule has 0 aliphatic heterocycles. The van der Waals surface area contributed by atoms with E-state index in [0.29, 0.717) is 22.8 Å². The molecule has 2 aromatic rings. The predicted octanol–water partition coefficient (Wildman–Crippen LogP) is 2.61. The van der Waals surface area contributed by atoms with E-state index < -0.39 is 0 Å². The Morgan fingerprint density at radius 2 is 2.05 bits per heavy atom. The third-order valence-corrected chi connectivity index (χ3v) is 4.09. The van der Waals surface area contributed by atoms with Crippen LogP contribution in [-0.4, -0.2) is 45.9 Å². The van der Waals surface area contributed by atoms with E-state index >= 15 is 0 Å². The van der Waals surface area contributed by atoms with Gasteiger partial charge >= 0.3 is 0 Å². The first kappa shape index (κ1) is 16.8. The monoisotopic (exact) mass is 341 g/mol. The van der Waals surface area contributed by atoms with Crippen LogP contribution in [0.4, 0.5) is 0 Å². The maximum Gasteiger partial charge on any atom is 0.258 e. The summed E-state index contributed by atoms with van der Waals surface area (Å²) >= 11 is 12.5. The number of aromatic nitrogens is 2. The van der Waals surface area contributed by atoms with Crippen molar-refractivity contribution in [3.05, 3.63) is 51.3 Å². The van der Waals surface area contributed by atoms with Crippen molar-refractivity contribution in [1.82, 2.24) is 14.7 Å².